The van der Waals surface area contributed by atoms with Crippen LogP contribution in [-0.4, -0.2) is 34.7 Å². The topological polar surface area (TPSA) is 74.2 Å². The van der Waals surface area contributed by atoms with E-state index in [1.54, 1.807) is 0 Å². The first-order valence-corrected chi connectivity index (χ1v) is 12.0. The monoisotopic (exact) mass is 479 g/mol. The summed E-state index contributed by atoms with van der Waals surface area (Å²) in [6, 6.07) is 13.0. The zero-order valence-corrected chi connectivity index (χ0v) is 20.0. The van der Waals surface area contributed by atoms with Gasteiger partial charge in [-0.05, 0) is 85.2 Å². The zero-order chi connectivity index (χ0) is 24.9. The minimum Gasteiger partial charge on any atom is -0.390 e. The van der Waals surface area contributed by atoms with Gasteiger partial charge in [0, 0.05) is 37.3 Å². The number of amides is 1. The van der Waals surface area contributed by atoms with E-state index in [9.17, 15) is 18.7 Å². The summed E-state index contributed by atoms with van der Waals surface area (Å²) in [4.78, 5) is 16.3. The van der Waals surface area contributed by atoms with Gasteiger partial charge in [-0.25, -0.2) is 8.78 Å². The van der Waals surface area contributed by atoms with Crippen LogP contribution in [-0.2, 0) is 17.6 Å². The second kappa shape index (κ2) is 11.1. The molecule has 3 N–H and O–H groups in total. The van der Waals surface area contributed by atoms with E-state index in [0.717, 1.165) is 42.1 Å². The third-order valence-electron chi connectivity index (χ3n) is 6.48. The van der Waals surface area contributed by atoms with Gasteiger partial charge in [-0.3, -0.25) is 9.78 Å². The van der Waals surface area contributed by atoms with Crippen molar-refractivity contribution in [2.24, 2.45) is 0 Å². The summed E-state index contributed by atoms with van der Waals surface area (Å²) in [6.45, 7) is 3.62. The summed E-state index contributed by atoms with van der Waals surface area (Å²) < 4.78 is 27.3. The highest BCUT2D eigenvalue weighted by atomic mass is 19.1. The van der Waals surface area contributed by atoms with Gasteiger partial charge < -0.3 is 15.7 Å². The molecule has 5 nitrogen and oxygen atoms in total. The number of pyridine rings is 1. The van der Waals surface area contributed by atoms with Gasteiger partial charge in [0.2, 0.25) is 5.91 Å². The molecule has 1 aliphatic rings. The Labute approximate surface area is 204 Å². The van der Waals surface area contributed by atoms with Crippen LogP contribution in [0.1, 0.15) is 48.1 Å². The molecule has 1 aliphatic carbocycles. The molecule has 0 fully saturated rings. The predicted molar refractivity (Wildman–Crippen MR) is 132 cm³/mol. The van der Waals surface area contributed by atoms with Crippen LogP contribution < -0.4 is 10.6 Å². The van der Waals surface area contributed by atoms with Crippen LogP contribution in [0.3, 0.4) is 0 Å². The number of benzene rings is 2. The fraction of sp³-hybridized carbons (Fsp3) is 0.357. The maximum Gasteiger partial charge on any atom is 0.217 e. The molecule has 35 heavy (non-hydrogen) atoms. The van der Waals surface area contributed by atoms with Gasteiger partial charge in [-0.15, -0.1) is 0 Å². The molecule has 0 radical (unpaired) electrons. The average Bonchev–Trinajstić information content (AvgIpc) is 2.81. The summed E-state index contributed by atoms with van der Waals surface area (Å²) in [7, 11) is 0. The van der Waals surface area contributed by atoms with Crippen molar-refractivity contribution in [2.75, 3.05) is 6.54 Å². The molecule has 0 bridgehead atoms. The molecule has 7 heteroatoms. The molecule has 184 valence electrons. The minimum absolute atomic E-state index is 0.0442. The fourth-order valence-corrected chi connectivity index (χ4v) is 4.80. The van der Waals surface area contributed by atoms with E-state index >= 15 is 0 Å². The Morgan fingerprint density at radius 1 is 1.14 bits per heavy atom. The number of hydrogen-bond acceptors (Lipinski definition) is 4. The molecule has 1 amide bonds. The standard InChI is InChI=1S/C28H31F2N3O2/c1-17-8-9-31-26(10-17)21-7-6-20-4-3-5-25(24(20)14-21)32-16-28(35)27(33-18(2)34)13-19-11-22(29)15-23(30)12-19/h6-12,14-15,25,27-28,32,35H,3-5,13,16H2,1-2H3,(H,33,34)/t25-,27-,28+/m0/s1. The lowest BCUT2D eigenvalue weighted by atomic mass is 9.86. The van der Waals surface area contributed by atoms with E-state index in [2.05, 4.69) is 39.9 Å². The molecule has 0 unspecified atom stereocenters. The van der Waals surface area contributed by atoms with Crippen LogP contribution in [0, 0.1) is 18.6 Å². The number of nitrogens with zero attached hydrogens (tertiary/aromatic N) is 1. The van der Waals surface area contributed by atoms with Crippen LogP contribution in [0.2, 0.25) is 0 Å². The van der Waals surface area contributed by atoms with Crippen molar-refractivity contribution in [2.45, 2.75) is 57.7 Å². The number of carbonyl (C=O) groups is 1. The average molecular weight is 480 g/mol. The Morgan fingerprint density at radius 2 is 1.91 bits per heavy atom. The van der Waals surface area contributed by atoms with E-state index in [0.29, 0.717) is 5.56 Å². The number of aliphatic hydroxyl groups is 1. The fourth-order valence-electron chi connectivity index (χ4n) is 4.80. The lowest BCUT2D eigenvalue weighted by Gasteiger charge is -2.30. The van der Waals surface area contributed by atoms with Crippen LogP contribution in [0.4, 0.5) is 8.78 Å². The molecule has 3 aromatic rings. The molecule has 0 saturated carbocycles. The van der Waals surface area contributed by atoms with Crippen molar-refractivity contribution >= 4 is 5.91 Å². The molecule has 2 aromatic carbocycles. The highest BCUT2D eigenvalue weighted by Crippen LogP contribution is 2.33. The van der Waals surface area contributed by atoms with Crippen molar-refractivity contribution < 1.29 is 18.7 Å². The van der Waals surface area contributed by atoms with Crippen LogP contribution in [0.5, 0.6) is 0 Å². The first-order chi connectivity index (χ1) is 16.8. The number of fused-ring (bicyclic) bond motifs is 1. The number of rotatable bonds is 8. The van der Waals surface area contributed by atoms with E-state index in [-0.39, 0.29) is 24.9 Å². The summed E-state index contributed by atoms with van der Waals surface area (Å²) in [6.07, 6.45) is 3.92. The number of aryl methyl sites for hydroxylation is 2. The van der Waals surface area contributed by atoms with Crippen molar-refractivity contribution in [3.63, 3.8) is 0 Å². The Kier molecular flexibility index (Phi) is 7.88. The van der Waals surface area contributed by atoms with Gasteiger partial charge in [-0.1, -0.05) is 12.1 Å². The molecule has 1 heterocycles. The predicted octanol–water partition coefficient (Wildman–Crippen LogP) is 4.41. The van der Waals surface area contributed by atoms with Crippen LogP contribution in [0.25, 0.3) is 11.3 Å². The number of aromatic nitrogens is 1. The highest BCUT2D eigenvalue weighted by Gasteiger charge is 2.25. The maximum atomic E-state index is 13.6. The van der Waals surface area contributed by atoms with Crippen molar-refractivity contribution in [3.05, 3.63) is 88.6 Å². The van der Waals surface area contributed by atoms with Gasteiger partial charge in [-0.2, -0.15) is 0 Å². The summed E-state index contributed by atoms with van der Waals surface area (Å²) in [5.74, 6) is -1.69. The molecular weight excluding hydrogens is 448 g/mol. The van der Waals surface area contributed by atoms with Gasteiger partial charge in [0.25, 0.3) is 0 Å². The largest absolute Gasteiger partial charge is 0.390 e. The molecule has 0 saturated heterocycles. The summed E-state index contributed by atoms with van der Waals surface area (Å²) >= 11 is 0. The lowest BCUT2D eigenvalue weighted by molar-refractivity contribution is -0.120. The highest BCUT2D eigenvalue weighted by molar-refractivity contribution is 5.73. The normalized spacial score (nSPS) is 16.9. The Morgan fingerprint density at radius 3 is 2.63 bits per heavy atom. The first-order valence-electron chi connectivity index (χ1n) is 12.0. The second-order valence-electron chi connectivity index (χ2n) is 9.34. The molecular formula is C28H31F2N3O2. The number of nitrogens with one attached hydrogen (secondary N) is 2. The van der Waals surface area contributed by atoms with Gasteiger partial charge in [0.15, 0.2) is 0 Å². The number of halogens is 2. The lowest BCUT2D eigenvalue weighted by Crippen LogP contribution is -2.48. The smallest absolute Gasteiger partial charge is 0.217 e. The molecule has 4 rings (SSSR count). The zero-order valence-electron chi connectivity index (χ0n) is 20.0. The second-order valence-corrected chi connectivity index (χ2v) is 9.34. The quantitative estimate of drug-likeness (QED) is 0.448. The number of aliphatic hydroxyl groups excluding tert-OH is 1. The number of carbonyl (C=O) groups excluding carboxylic acids is 1. The molecule has 1 aromatic heterocycles. The van der Waals surface area contributed by atoms with Crippen LogP contribution >= 0.6 is 0 Å². The van der Waals surface area contributed by atoms with Crippen molar-refractivity contribution in [1.29, 1.82) is 0 Å². The van der Waals surface area contributed by atoms with Crippen molar-refractivity contribution in [1.82, 2.24) is 15.6 Å². The van der Waals surface area contributed by atoms with E-state index in [1.807, 2.05) is 19.2 Å². The van der Waals surface area contributed by atoms with Gasteiger partial charge in [0.1, 0.15) is 11.6 Å². The van der Waals surface area contributed by atoms with Gasteiger partial charge >= 0.3 is 0 Å². The molecule has 0 aliphatic heterocycles. The SMILES string of the molecule is CC(=O)N[C@@H](Cc1cc(F)cc(F)c1)[C@H](O)CN[C@H]1CCCc2ccc(-c3cc(C)ccn3)cc21. The Bertz CT molecular complexity index is 1180. The van der Waals surface area contributed by atoms with Crippen LogP contribution in [0.15, 0.2) is 54.7 Å². The third-order valence-corrected chi connectivity index (χ3v) is 6.48. The van der Waals surface area contributed by atoms with E-state index < -0.39 is 23.8 Å². The molecule has 0 spiro atoms. The Balaban J connectivity index is 1.49. The van der Waals surface area contributed by atoms with E-state index in [4.69, 9.17) is 0 Å². The minimum atomic E-state index is -0.947. The van der Waals surface area contributed by atoms with E-state index in [1.165, 1.54) is 30.2 Å². The number of hydrogen-bond donors (Lipinski definition) is 3. The summed E-state index contributed by atoms with van der Waals surface area (Å²) in [5.41, 5.74) is 5.95. The van der Waals surface area contributed by atoms with Crippen molar-refractivity contribution in [3.8, 4) is 11.3 Å². The maximum absolute atomic E-state index is 13.6. The first kappa shape index (κ1) is 24.9. The third kappa shape index (κ3) is 6.50. The van der Waals surface area contributed by atoms with Gasteiger partial charge in [0.05, 0.1) is 17.8 Å². The summed E-state index contributed by atoms with van der Waals surface area (Å²) in [5, 5.41) is 17.1. The Hall–Kier alpha value is -3.16. The molecule has 3 atom stereocenters.